The summed E-state index contributed by atoms with van der Waals surface area (Å²) in [6, 6.07) is 3.82. The number of carbonyl (C=O) groups is 1. The van der Waals surface area contributed by atoms with Crippen LogP contribution in [0.2, 0.25) is 0 Å². The average Bonchev–Trinajstić information content (AvgIpc) is 2.57. The quantitative estimate of drug-likeness (QED) is 0.595. The van der Waals surface area contributed by atoms with Gasteiger partial charge in [0, 0.05) is 4.88 Å². The molecule has 1 amide bonds. The van der Waals surface area contributed by atoms with Gasteiger partial charge in [0.25, 0.3) is 0 Å². The molecule has 1 rings (SSSR count). The highest BCUT2D eigenvalue weighted by Crippen LogP contribution is 2.03. The van der Waals surface area contributed by atoms with E-state index < -0.39 is 6.09 Å². The summed E-state index contributed by atoms with van der Waals surface area (Å²) in [6.07, 6.45) is 1.04. The third-order valence-electron chi connectivity index (χ3n) is 1.17. The molecule has 70 valence electrons. The zero-order valence-electron chi connectivity index (χ0n) is 7.19. The van der Waals surface area contributed by atoms with Gasteiger partial charge in [0.1, 0.15) is 0 Å². The lowest BCUT2D eigenvalue weighted by Gasteiger charge is -1.97. The number of nitrogens with zero attached hydrogens (tertiary/aromatic N) is 1. The molecule has 0 aliphatic carbocycles. The number of carbonyl (C=O) groups excluding carboxylic acids is 1. The Hall–Kier alpha value is -1.36. The minimum absolute atomic E-state index is 0.348. The summed E-state index contributed by atoms with van der Waals surface area (Å²) in [4.78, 5) is 11.7. The second kappa shape index (κ2) is 5.31. The van der Waals surface area contributed by atoms with Crippen LogP contribution in [0.25, 0.3) is 0 Å². The molecule has 1 N–H and O–H groups in total. The molecule has 0 saturated carbocycles. The molecule has 13 heavy (non-hydrogen) atoms. The molecule has 0 atom stereocenters. The van der Waals surface area contributed by atoms with Gasteiger partial charge in [-0.1, -0.05) is 6.07 Å². The largest absolute Gasteiger partial charge is 0.449 e. The molecular formula is C8H10N2O2S. The Morgan fingerprint density at radius 3 is 3.31 bits per heavy atom. The summed E-state index contributed by atoms with van der Waals surface area (Å²) in [6.45, 7) is 2.09. The number of hydrogen-bond donors (Lipinski definition) is 1. The first kappa shape index (κ1) is 9.73. The molecule has 0 aliphatic rings. The van der Waals surface area contributed by atoms with Gasteiger partial charge in [0.2, 0.25) is 0 Å². The smallest absolute Gasteiger partial charge is 0.427 e. The number of hydrogen-bond acceptors (Lipinski definition) is 4. The van der Waals surface area contributed by atoms with Crippen molar-refractivity contribution in [3.8, 4) is 0 Å². The minimum atomic E-state index is -0.532. The van der Waals surface area contributed by atoms with Crippen molar-refractivity contribution in [2.24, 2.45) is 5.10 Å². The molecule has 1 aromatic heterocycles. The second-order valence-electron chi connectivity index (χ2n) is 2.11. The molecule has 1 heterocycles. The first-order valence-corrected chi connectivity index (χ1v) is 4.70. The van der Waals surface area contributed by atoms with Crippen LogP contribution in [0.15, 0.2) is 22.6 Å². The van der Waals surface area contributed by atoms with Crippen molar-refractivity contribution in [3.63, 3.8) is 0 Å². The molecule has 5 heteroatoms. The minimum Gasteiger partial charge on any atom is -0.449 e. The van der Waals surface area contributed by atoms with Gasteiger partial charge in [-0.2, -0.15) is 5.10 Å². The molecule has 0 saturated heterocycles. The lowest BCUT2D eigenvalue weighted by Crippen LogP contribution is -2.18. The van der Waals surface area contributed by atoms with E-state index in [1.165, 1.54) is 0 Å². The van der Waals surface area contributed by atoms with Crippen LogP contribution >= 0.6 is 11.3 Å². The Bertz CT molecular complexity index is 282. The fraction of sp³-hybridized carbons (Fsp3) is 0.250. The molecule has 0 radical (unpaired) electrons. The predicted octanol–water partition coefficient (Wildman–Crippen LogP) is 1.83. The highest BCUT2D eigenvalue weighted by Gasteiger charge is 1.94. The van der Waals surface area contributed by atoms with Crippen LogP contribution in [-0.4, -0.2) is 18.9 Å². The fourth-order valence-corrected chi connectivity index (χ4v) is 1.26. The number of amides is 1. The van der Waals surface area contributed by atoms with Crippen LogP contribution in [0.4, 0.5) is 4.79 Å². The Labute approximate surface area is 80.2 Å². The molecule has 0 spiro atoms. The molecule has 1 aromatic rings. The number of ether oxygens (including phenoxy) is 1. The SMILES string of the molecule is CCOC(=O)NN=Cc1cccs1. The first-order valence-electron chi connectivity index (χ1n) is 3.82. The van der Waals surface area contributed by atoms with Gasteiger partial charge < -0.3 is 4.74 Å². The second-order valence-corrected chi connectivity index (χ2v) is 3.09. The van der Waals surface area contributed by atoms with Gasteiger partial charge in [-0.15, -0.1) is 11.3 Å². The van der Waals surface area contributed by atoms with Crippen molar-refractivity contribution in [1.29, 1.82) is 0 Å². The fourth-order valence-electron chi connectivity index (χ4n) is 0.677. The number of nitrogens with one attached hydrogen (secondary N) is 1. The third-order valence-corrected chi connectivity index (χ3v) is 1.97. The maximum absolute atomic E-state index is 10.7. The van der Waals surface area contributed by atoms with E-state index in [1.54, 1.807) is 24.5 Å². The third kappa shape index (κ3) is 3.71. The van der Waals surface area contributed by atoms with Gasteiger partial charge in [0.15, 0.2) is 0 Å². The van der Waals surface area contributed by atoms with E-state index in [0.717, 1.165) is 4.88 Å². The summed E-state index contributed by atoms with van der Waals surface area (Å²) >= 11 is 1.55. The molecule has 4 nitrogen and oxygen atoms in total. The summed E-state index contributed by atoms with van der Waals surface area (Å²) < 4.78 is 4.60. The van der Waals surface area contributed by atoms with Gasteiger partial charge in [-0.25, -0.2) is 10.2 Å². The zero-order valence-corrected chi connectivity index (χ0v) is 8.00. The summed E-state index contributed by atoms with van der Waals surface area (Å²) in [5, 5.41) is 5.63. The van der Waals surface area contributed by atoms with Crippen molar-refractivity contribution < 1.29 is 9.53 Å². The maximum atomic E-state index is 10.7. The lowest BCUT2D eigenvalue weighted by atomic mass is 10.5. The summed E-state index contributed by atoms with van der Waals surface area (Å²) in [5.74, 6) is 0. The van der Waals surface area contributed by atoms with Crippen LogP contribution < -0.4 is 5.43 Å². The highest BCUT2D eigenvalue weighted by molar-refractivity contribution is 7.11. The van der Waals surface area contributed by atoms with E-state index in [0.29, 0.717) is 6.61 Å². The Kier molecular flexibility index (Phi) is 3.98. The number of thiophene rings is 1. The highest BCUT2D eigenvalue weighted by atomic mass is 32.1. The normalized spacial score (nSPS) is 10.2. The molecule has 0 aliphatic heterocycles. The standard InChI is InChI=1S/C8H10N2O2S/c1-2-12-8(11)10-9-6-7-4-3-5-13-7/h3-6H,2H2,1H3,(H,10,11). The van der Waals surface area contributed by atoms with Crippen molar-refractivity contribution in [2.75, 3.05) is 6.61 Å². The van der Waals surface area contributed by atoms with Crippen LogP contribution in [-0.2, 0) is 4.74 Å². The first-order chi connectivity index (χ1) is 6.33. The molecule has 0 aromatic carbocycles. The van der Waals surface area contributed by atoms with E-state index in [2.05, 4.69) is 15.3 Å². The number of rotatable bonds is 3. The Morgan fingerprint density at radius 2 is 2.69 bits per heavy atom. The summed E-state index contributed by atoms with van der Waals surface area (Å²) in [7, 11) is 0. The van der Waals surface area contributed by atoms with E-state index in [-0.39, 0.29) is 0 Å². The lowest BCUT2D eigenvalue weighted by molar-refractivity contribution is 0.152. The zero-order chi connectivity index (χ0) is 9.52. The monoisotopic (exact) mass is 198 g/mol. The van der Waals surface area contributed by atoms with Crippen LogP contribution in [0.5, 0.6) is 0 Å². The molecule has 0 bridgehead atoms. The predicted molar refractivity (Wildman–Crippen MR) is 52.1 cm³/mol. The van der Waals surface area contributed by atoms with Crippen molar-refractivity contribution in [3.05, 3.63) is 22.4 Å². The van der Waals surface area contributed by atoms with E-state index in [9.17, 15) is 4.79 Å². The van der Waals surface area contributed by atoms with Crippen LogP contribution in [0.3, 0.4) is 0 Å². The van der Waals surface area contributed by atoms with E-state index in [4.69, 9.17) is 0 Å². The maximum Gasteiger partial charge on any atom is 0.427 e. The van der Waals surface area contributed by atoms with Gasteiger partial charge in [0.05, 0.1) is 12.8 Å². The molecule has 0 fully saturated rings. The number of hydrazone groups is 1. The van der Waals surface area contributed by atoms with Crippen LogP contribution in [0, 0.1) is 0 Å². The van der Waals surface area contributed by atoms with Crippen molar-refractivity contribution >= 4 is 23.6 Å². The van der Waals surface area contributed by atoms with Crippen molar-refractivity contribution in [1.82, 2.24) is 5.43 Å². The van der Waals surface area contributed by atoms with Gasteiger partial charge >= 0.3 is 6.09 Å². The van der Waals surface area contributed by atoms with E-state index >= 15 is 0 Å². The Morgan fingerprint density at radius 1 is 1.85 bits per heavy atom. The molecule has 0 unspecified atom stereocenters. The topological polar surface area (TPSA) is 50.7 Å². The van der Waals surface area contributed by atoms with Gasteiger partial charge in [-0.05, 0) is 18.4 Å². The van der Waals surface area contributed by atoms with Crippen molar-refractivity contribution in [2.45, 2.75) is 6.92 Å². The molecular weight excluding hydrogens is 188 g/mol. The Balaban J connectivity index is 2.30. The van der Waals surface area contributed by atoms with Crippen LogP contribution in [0.1, 0.15) is 11.8 Å². The van der Waals surface area contributed by atoms with Gasteiger partial charge in [-0.3, -0.25) is 0 Å². The average molecular weight is 198 g/mol. The van der Waals surface area contributed by atoms with E-state index in [1.807, 2.05) is 17.5 Å². The summed E-state index contributed by atoms with van der Waals surface area (Å²) in [5.41, 5.74) is 2.24.